The molecular formula is C20H27N5O10. The van der Waals surface area contributed by atoms with Gasteiger partial charge in [-0.05, 0) is 17.7 Å². The number of aliphatic hydroxyl groups excluding tert-OH is 1. The van der Waals surface area contributed by atoms with Gasteiger partial charge in [0.15, 0.2) is 0 Å². The van der Waals surface area contributed by atoms with Crippen LogP contribution in [0.15, 0.2) is 24.3 Å². The average Bonchev–Trinajstić information content (AvgIpc) is 2.77. The number of nitrogens with two attached hydrogens (primary N) is 2. The minimum Gasteiger partial charge on any atom is -0.508 e. The third-order valence-electron chi connectivity index (χ3n) is 4.57. The van der Waals surface area contributed by atoms with Crippen LogP contribution >= 0.6 is 0 Å². The zero-order valence-corrected chi connectivity index (χ0v) is 18.3. The fourth-order valence-electron chi connectivity index (χ4n) is 2.77. The maximum absolute atomic E-state index is 12.8. The monoisotopic (exact) mass is 497 g/mol. The molecule has 192 valence electrons. The van der Waals surface area contributed by atoms with Gasteiger partial charge >= 0.3 is 11.9 Å². The Morgan fingerprint density at radius 3 is 1.80 bits per heavy atom. The van der Waals surface area contributed by atoms with Crippen molar-refractivity contribution < 1.29 is 49.2 Å². The molecule has 35 heavy (non-hydrogen) atoms. The van der Waals surface area contributed by atoms with Crippen LogP contribution in [0.4, 0.5) is 0 Å². The van der Waals surface area contributed by atoms with E-state index in [0.717, 1.165) is 0 Å². The van der Waals surface area contributed by atoms with Crippen molar-refractivity contribution in [1.29, 1.82) is 0 Å². The second kappa shape index (κ2) is 13.5. The number of aliphatic carboxylic acids is 2. The summed E-state index contributed by atoms with van der Waals surface area (Å²) in [5.74, 6) is -7.33. The fraction of sp³-hybridized carbons (Fsp3) is 0.400. The van der Waals surface area contributed by atoms with Crippen molar-refractivity contribution in [2.24, 2.45) is 11.5 Å². The predicted molar refractivity (Wildman–Crippen MR) is 116 cm³/mol. The number of aromatic hydroxyl groups is 1. The molecule has 4 atom stereocenters. The number of rotatable bonds is 14. The van der Waals surface area contributed by atoms with Crippen molar-refractivity contribution in [3.8, 4) is 5.75 Å². The number of carbonyl (C=O) groups is 6. The van der Waals surface area contributed by atoms with Crippen LogP contribution in [-0.2, 0) is 35.2 Å². The molecule has 11 N–H and O–H groups in total. The summed E-state index contributed by atoms with van der Waals surface area (Å²) in [4.78, 5) is 71.2. The van der Waals surface area contributed by atoms with Gasteiger partial charge in [-0.2, -0.15) is 0 Å². The van der Waals surface area contributed by atoms with Crippen molar-refractivity contribution in [2.45, 2.75) is 43.4 Å². The number of carbonyl (C=O) groups excluding carboxylic acids is 4. The Kier molecular flexibility index (Phi) is 11.1. The zero-order valence-electron chi connectivity index (χ0n) is 18.3. The van der Waals surface area contributed by atoms with Crippen molar-refractivity contribution in [3.05, 3.63) is 29.8 Å². The van der Waals surface area contributed by atoms with Gasteiger partial charge in [-0.1, -0.05) is 12.1 Å². The molecule has 15 nitrogen and oxygen atoms in total. The second-order valence-corrected chi connectivity index (χ2v) is 7.45. The molecule has 1 aromatic carbocycles. The number of benzene rings is 1. The van der Waals surface area contributed by atoms with Gasteiger partial charge < -0.3 is 47.8 Å². The van der Waals surface area contributed by atoms with Crippen molar-refractivity contribution in [1.82, 2.24) is 16.0 Å². The van der Waals surface area contributed by atoms with E-state index < -0.39 is 79.2 Å². The van der Waals surface area contributed by atoms with Gasteiger partial charge in [0.25, 0.3) is 0 Å². The van der Waals surface area contributed by atoms with Crippen LogP contribution in [0.3, 0.4) is 0 Å². The Morgan fingerprint density at radius 1 is 0.800 bits per heavy atom. The van der Waals surface area contributed by atoms with E-state index in [9.17, 15) is 39.0 Å². The second-order valence-electron chi connectivity index (χ2n) is 7.45. The molecule has 1 aromatic rings. The van der Waals surface area contributed by atoms with Crippen molar-refractivity contribution in [2.75, 3.05) is 6.61 Å². The highest BCUT2D eigenvalue weighted by Crippen LogP contribution is 2.12. The smallest absolute Gasteiger partial charge is 0.326 e. The van der Waals surface area contributed by atoms with E-state index in [2.05, 4.69) is 10.6 Å². The summed E-state index contributed by atoms with van der Waals surface area (Å²) in [7, 11) is 0. The van der Waals surface area contributed by atoms with E-state index >= 15 is 0 Å². The standard InChI is InChI=1S/C20H27N5O10/c21-11(8-26)17(31)23-13(6-15(22)28)19(33)24-12(5-9-1-3-10(27)4-2-9)18(32)25-14(20(34)35)7-16(29)30/h1-4,11-14,26-27H,5-8,21H2,(H2,22,28)(H,23,31)(H,24,33)(H,25,32)(H,29,30)(H,34,35). The molecule has 4 unspecified atom stereocenters. The fourth-order valence-corrected chi connectivity index (χ4v) is 2.77. The van der Waals surface area contributed by atoms with Gasteiger partial charge in [0.1, 0.15) is 29.9 Å². The summed E-state index contributed by atoms with van der Waals surface area (Å²) in [5.41, 5.74) is 10.9. The molecule has 0 aliphatic heterocycles. The van der Waals surface area contributed by atoms with Crippen LogP contribution in [0.2, 0.25) is 0 Å². The topological polar surface area (TPSA) is 271 Å². The van der Waals surface area contributed by atoms with Crippen LogP contribution in [0.5, 0.6) is 5.75 Å². The Hall–Kier alpha value is -4.24. The number of nitrogens with one attached hydrogen (secondary N) is 3. The number of carboxylic acid groups (broad SMARTS) is 2. The first kappa shape index (κ1) is 28.8. The summed E-state index contributed by atoms with van der Waals surface area (Å²) in [5, 5.41) is 42.9. The van der Waals surface area contributed by atoms with Crippen LogP contribution in [0.1, 0.15) is 18.4 Å². The Balaban J connectivity index is 3.18. The van der Waals surface area contributed by atoms with Gasteiger partial charge in [0.05, 0.1) is 19.4 Å². The van der Waals surface area contributed by atoms with Crippen molar-refractivity contribution in [3.63, 3.8) is 0 Å². The van der Waals surface area contributed by atoms with Gasteiger partial charge in [-0.3, -0.25) is 24.0 Å². The molecule has 0 fully saturated rings. The molecule has 0 saturated heterocycles. The maximum Gasteiger partial charge on any atom is 0.326 e. The number of hydrogen-bond acceptors (Lipinski definition) is 9. The minimum absolute atomic E-state index is 0.0874. The molecule has 0 heterocycles. The molecule has 0 aliphatic rings. The van der Waals surface area contributed by atoms with Crippen LogP contribution in [-0.4, -0.2) is 86.8 Å². The van der Waals surface area contributed by atoms with Gasteiger partial charge in [-0.15, -0.1) is 0 Å². The van der Waals surface area contributed by atoms with E-state index in [-0.39, 0.29) is 12.2 Å². The lowest BCUT2D eigenvalue weighted by Gasteiger charge is -2.24. The highest BCUT2D eigenvalue weighted by molar-refractivity contribution is 5.96. The van der Waals surface area contributed by atoms with Crippen LogP contribution < -0.4 is 27.4 Å². The van der Waals surface area contributed by atoms with E-state index in [4.69, 9.17) is 21.7 Å². The number of amides is 4. The SMILES string of the molecule is NC(=O)CC(NC(=O)C(N)CO)C(=O)NC(Cc1ccc(O)cc1)C(=O)NC(CC(=O)O)C(=O)O. The molecule has 0 spiro atoms. The normalized spacial score (nSPS) is 14.0. The average molecular weight is 497 g/mol. The van der Waals surface area contributed by atoms with Gasteiger partial charge in [-0.25, -0.2) is 4.79 Å². The number of phenols is 1. The number of primary amides is 1. The number of hydrogen-bond donors (Lipinski definition) is 9. The van der Waals surface area contributed by atoms with Gasteiger partial charge in [0, 0.05) is 6.42 Å². The third-order valence-corrected chi connectivity index (χ3v) is 4.57. The zero-order chi connectivity index (χ0) is 26.7. The summed E-state index contributed by atoms with van der Waals surface area (Å²) >= 11 is 0. The Labute approximate surface area is 198 Å². The van der Waals surface area contributed by atoms with Crippen molar-refractivity contribution >= 4 is 35.6 Å². The minimum atomic E-state index is -1.82. The molecule has 15 heteroatoms. The van der Waals surface area contributed by atoms with Crippen LogP contribution in [0.25, 0.3) is 0 Å². The van der Waals surface area contributed by atoms with Crippen LogP contribution in [0, 0.1) is 0 Å². The molecule has 4 amide bonds. The van der Waals surface area contributed by atoms with E-state index in [1.54, 1.807) is 0 Å². The largest absolute Gasteiger partial charge is 0.508 e. The summed E-state index contributed by atoms with van der Waals surface area (Å²) in [6.45, 7) is -0.761. The quantitative estimate of drug-likeness (QED) is 0.120. The molecular weight excluding hydrogens is 470 g/mol. The molecule has 0 radical (unpaired) electrons. The highest BCUT2D eigenvalue weighted by atomic mass is 16.4. The van der Waals surface area contributed by atoms with E-state index in [1.165, 1.54) is 24.3 Å². The summed E-state index contributed by atoms with van der Waals surface area (Å²) < 4.78 is 0. The number of carboxylic acids is 2. The molecule has 0 bridgehead atoms. The lowest BCUT2D eigenvalue weighted by molar-refractivity contribution is -0.147. The number of aliphatic hydroxyl groups is 1. The molecule has 0 aliphatic carbocycles. The maximum atomic E-state index is 12.8. The third kappa shape index (κ3) is 10.1. The summed E-state index contributed by atoms with van der Waals surface area (Å²) in [6, 6.07) is -0.910. The Morgan fingerprint density at radius 2 is 1.31 bits per heavy atom. The van der Waals surface area contributed by atoms with E-state index in [0.29, 0.717) is 5.56 Å². The summed E-state index contributed by atoms with van der Waals surface area (Å²) in [6.07, 6.45) is -1.88. The Bertz CT molecular complexity index is 952. The lowest BCUT2D eigenvalue weighted by atomic mass is 10.0. The first-order valence-corrected chi connectivity index (χ1v) is 10.1. The lowest BCUT2D eigenvalue weighted by Crippen LogP contribution is -2.58. The first-order chi connectivity index (χ1) is 16.3. The highest BCUT2D eigenvalue weighted by Gasteiger charge is 2.32. The first-order valence-electron chi connectivity index (χ1n) is 10.1. The van der Waals surface area contributed by atoms with E-state index in [1.807, 2.05) is 5.32 Å². The predicted octanol–water partition coefficient (Wildman–Crippen LogP) is -3.86. The molecule has 0 saturated carbocycles. The number of phenolic OH excluding ortho intramolecular Hbond substituents is 1. The molecule has 1 rings (SSSR count). The molecule has 0 aromatic heterocycles. The van der Waals surface area contributed by atoms with Gasteiger partial charge in [0.2, 0.25) is 23.6 Å².